The molecular formula is C26H24N4O2. The number of H-pyrrole nitrogens is 1. The first kappa shape index (κ1) is 21.2. The van der Waals surface area contributed by atoms with E-state index in [2.05, 4.69) is 16.0 Å². The van der Waals surface area contributed by atoms with Crippen molar-refractivity contribution in [2.45, 2.75) is 0 Å². The molecule has 6 heteroatoms. The number of aromatic amines is 1. The van der Waals surface area contributed by atoms with Gasteiger partial charge in [-0.1, -0.05) is 36.4 Å². The lowest BCUT2D eigenvalue weighted by atomic mass is 10.00. The molecule has 3 aromatic carbocycles. The van der Waals surface area contributed by atoms with Crippen molar-refractivity contribution in [1.29, 1.82) is 5.26 Å². The average Bonchev–Trinajstić information content (AvgIpc) is 3.13. The summed E-state index contributed by atoms with van der Waals surface area (Å²) in [4.78, 5) is 9.93. The Morgan fingerprint density at radius 3 is 2.50 bits per heavy atom. The van der Waals surface area contributed by atoms with Gasteiger partial charge in [0.25, 0.3) is 0 Å². The van der Waals surface area contributed by atoms with Gasteiger partial charge in [-0.05, 0) is 50.5 Å². The van der Waals surface area contributed by atoms with Crippen molar-refractivity contribution in [1.82, 2.24) is 9.88 Å². The van der Waals surface area contributed by atoms with Crippen molar-refractivity contribution in [2.24, 2.45) is 4.99 Å². The van der Waals surface area contributed by atoms with Gasteiger partial charge in [-0.2, -0.15) is 5.26 Å². The van der Waals surface area contributed by atoms with E-state index in [1.807, 2.05) is 74.8 Å². The van der Waals surface area contributed by atoms with Crippen LogP contribution in [-0.4, -0.2) is 47.9 Å². The molecule has 4 aromatic rings. The second kappa shape index (κ2) is 9.38. The van der Waals surface area contributed by atoms with Crippen molar-refractivity contribution in [3.8, 4) is 17.7 Å². The quantitative estimate of drug-likeness (QED) is 0.415. The van der Waals surface area contributed by atoms with Crippen molar-refractivity contribution >= 4 is 22.3 Å². The third-order valence-electron chi connectivity index (χ3n) is 5.08. The molecule has 0 spiro atoms. The number of benzene rings is 3. The molecule has 0 radical (unpaired) electrons. The highest BCUT2D eigenvalue weighted by Crippen LogP contribution is 2.32. The minimum Gasteiger partial charge on any atom is -0.494 e. The molecule has 0 atom stereocenters. The zero-order chi connectivity index (χ0) is 22.5. The molecule has 0 unspecified atom stereocenters. The first-order valence-corrected chi connectivity index (χ1v) is 10.3. The number of nitrogens with zero attached hydrogens (tertiary/aromatic N) is 3. The maximum absolute atomic E-state index is 10.8. The predicted molar refractivity (Wildman–Crippen MR) is 127 cm³/mol. The van der Waals surface area contributed by atoms with Gasteiger partial charge in [0.05, 0.1) is 34.1 Å². The molecule has 2 N–H and O–H groups in total. The number of aliphatic imine (C=N–C) groups is 1. The minimum absolute atomic E-state index is 0.0151. The van der Waals surface area contributed by atoms with Crippen LogP contribution in [0.4, 0.5) is 5.69 Å². The molecule has 1 aromatic heterocycles. The predicted octanol–water partition coefficient (Wildman–Crippen LogP) is 4.85. The SMILES string of the molecule is CN(C)CCOc1ccc(N=C(c2ccccc2)c2c(O)[nH]c3cc(C#N)ccc23)cc1. The molecule has 160 valence electrons. The van der Waals surface area contributed by atoms with Crippen LogP contribution in [0.15, 0.2) is 77.8 Å². The van der Waals surface area contributed by atoms with Crippen LogP contribution in [-0.2, 0) is 0 Å². The molecule has 0 amide bonds. The summed E-state index contributed by atoms with van der Waals surface area (Å²) in [7, 11) is 4.01. The van der Waals surface area contributed by atoms with Crippen molar-refractivity contribution in [3.05, 3.63) is 89.5 Å². The lowest BCUT2D eigenvalue weighted by Gasteiger charge is -2.11. The molecular weight excluding hydrogens is 400 g/mol. The van der Waals surface area contributed by atoms with Gasteiger partial charge < -0.3 is 19.7 Å². The summed E-state index contributed by atoms with van der Waals surface area (Å²) in [6, 6.07) is 24.7. The van der Waals surface area contributed by atoms with E-state index in [0.29, 0.717) is 29.0 Å². The number of hydrogen-bond acceptors (Lipinski definition) is 5. The number of likely N-dealkylation sites (N-methyl/N-ethyl adjacent to an activating group) is 1. The Morgan fingerprint density at radius 2 is 1.81 bits per heavy atom. The van der Waals surface area contributed by atoms with E-state index in [-0.39, 0.29) is 5.88 Å². The van der Waals surface area contributed by atoms with E-state index in [1.165, 1.54) is 0 Å². The number of rotatable bonds is 7. The van der Waals surface area contributed by atoms with E-state index in [9.17, 15) is 10.4 Å². The van der Waals surface area contributed by atoms with Crippen molar-refractivity contribution < 1.29 is 9.84 Å². The molecule has 6 nitrogen and oxygen atoms in total. The fraction of sp³-hybridized carbons (Fsp3) is 0.154. The van der Waals surface area contributed by atoms with Crippen LogP contribution in [0.1, 0.15) is 16.7 Å². The van der Waals surface area contributed by atoms with Gasteiger partial charge in [0.2, 0.25) is 0 Å². The normalized spacial score (nSPS) is 11.6. The highest BCUT2D eigenvalue weighted by Gasteiger charge is 2.19. The number of nitrogens with one attached hydrogen (secondary N) is 1. The number of ether oxygens (including phenoxy) is 1. The van der Waals surface area contributed by atoms with Crippen molar-refractivity contribution in [3.63, 3.8) is 0 Å². The second-order valence-electron chi connectivity index (χ2n) is 7.69. The van der Waals surface area contributed by atoms with Crippen LogP contribution in [0, 0.1) is 11.3 Å². The molecule has 0 bridgehead atoms. The summed E-state index contributed by atoms with van der Waals surface area (Å²) in [5.74, 6) is 0.798. The summed E-state index contributed by atoms with van der Waals surface area (Å²) in [5.41, 5.74) is 4.06. The molecule has 0 fully saturated rings. The first-order chi connectivity index (χ1) is 15.5. The first-order valence-electron chi connectivity index (χ1n) is 10.3. The van der Waals surface area contributed by atoms with Crippen LogP contribution in [0.25, 0.3) is 10.9 Å². The van der Waals surface area contributed by atoms with Crippen LogP contribution >= 0.6 is 0 Å². The van der Waals surface area contributed by atoms with Gasteiger partial charge in [-0.3, -0.25) is 0 Å². The van der Waals surface area contributed by atoms with E-state index >= 15 is 0 Å². The Balaban J connectivity index is 1.75. The zero-order valence-electron chi connectivity index (χ0n) is 18.0. The Kier molecular flexibility index (Phi) is 6.20. The lowest BCUT2D eigenvalue weighted by molar-refractivity contribution is 0.261. The molecule has 0 saturated carbocycles. The van der Waals surface area contributed by atoms with Gasteiger partial charge in [-0.15, -0.1) is 0 Å². The second-order valence-corrected chi connectivity index (χ2v) is 7.69. The topological polar surface area (TPSA) is 84.6 Å². The van der Waals surface area contributed by atoms with Crippen LogP contribution < -0.4 is 4.74 Å². The number of fused-ring (bicyclic) bond motifs is 1. The Bertz CT molecular complexity index is 1280. The number of aromatic hydroxyl groups is 1. The largest absolute Gasteiger partial charge is 0.494 e. The summed E-state index contributed by atoms with van der Waals surface area (Å²) < 4.78 is 5.77. The summed E-state index contributed by atoms with van der Waals surface area (Å²) in [6.07, 6.45) is 0. The molecule has 4 rings (SSSR count). The highest BCUT2D eigenvalue weighted by atomic mass is 16.5. The Labute approximate surface area is 187 Å². The van der Waals surface area contributed by atoms with Crippen molar-refractivity contribution in [2.75, 3.05) is 27.2 Å². The average molecular weight is 425 g/mol. The monoisotopic (exact) mass is 424 g/mol. The number of nitriles is 1. The van der Waals surface area contributed by atoms with Crippen LogP contribution in [0.2, 0.25) is 0 Å². The fourth-order valence-electron chi connectivity index (χ4n) is 3.45. The Hall–Kier alpha value is -4.08. The molecule has 1 heterocycles. The third kappa shape index (κ3) is 4.64. The van der Waals surface area contributed by atoms with E-state index in [1.54, 1.807) is 12.1 Å². The minimum atomic E-state index is 0.0151. The molecule has 0 aliphatic rings. The van der Waals surface area contributed by atoms with Crippen LogP contribution in [0.3, 0.4) is 0 Å². The summed E-state index contributed by atoms with van der Waals surface area (Å²) >= 11 is 0. The van der Waals surface area contributed by atoms with Crippen LogP contribution in [0.5, 0.6) is 11.6 Å². The number of hydrogen-bond donors (Lipinski definition) is 2. The maximum atomic E-state index is 10.8. The van der Waals surface area contributed by atoms with Gasteiger partial charge in [0.1, 0.15) is 12.4 Å². The van der Waals surface area contributed by atoms with Gasteiger partial charge in [0, 0.05) is 17.5 Å². The van der Waals surface area contributed by atoms with E-state index < -0.39 is 0 Å². The lowest BCUT2D eigenvalue weighted by Crippen LogP contribution is -2.19. The fourth-order valence-corrected chi connectivity index (χ4v) is 3.45. The maximum Gasteiger partial charge on any atom is 0.199 e. The zero-order valence-corrected chi connectivity index (χ0v) is 18.0. The van der Waals surface area contributed by atoms with E-state index in [0.717, 1.165) is 28.9 Å². The summed E-state index contributed by atoms with van der Waals surface area (Å²) in [5, 5.41) is 20.7. The van der Waals surface area contributed by atoms with Gasteiger partial charge in [-0.25, -0.2) is 4.99 Å². The smallest absolute Gasteiger partial charge is 0.199 e. The molecule has 32 heavy (non-hydrogen) atoms. The third-order valence-corrected chi connectivity index (χ3v) is 5.08. The van der Waals surface area contributed by atoms with Gasteiger partial charge >= 0.3 is 0 Å². The molecule has 0 aliphatic heterocycles. The highest BCUT2D eigenvalue weighted by molar-refractivity contribution is 6.21. The van der Waals surface area contributed by atoms with E-state index in [4.69, 9.17) is 9.73 Å². The Morgan fingerprint density at radius 1 is 1.06 bits per heavy atom. The number of aromatic nitrogens is 1. The molecule has 0 saturated heterocycles. The van der Waals surface area contributed by atoms with Gasteiger partial charge in [0.15, 0.2) is 5.88 Å². The summed E-state index contributed by atoms with van der Waals surface area (Å²) in [6.45, 7) is 1.45. The standard InChI is InChI=1S/C26H24N4O2/c1-30(2)14-15-32-21-11-9-20(10-12-21)28-25(19-6-4-3-5-7-19)24-22-13-8-18(17-27)16-23(22)29-26(24)31/h3-13,16,29,31H,14-15H2,1-2H3. The molecule has 0 aliphatic carbocycles.